The van der Waals surface area contributed by atoms with Crippen LogP contribution in [0.15, 0.2) is 71.6 Å². The molecule has 10 heteroatoms. The Balaban J connectivity index is 1.26. The molecule has 7 rings (SSSR count). The highest BCUT2D eigenvalue weighted by atomic mass is 79.9. The summed E-state index contributed by atoms with van der Waals surface area (Å²) in [5.74, 6) is 0.833. The highest BCUT2D eigenvalue weighted by Gasteiger charge is 2.56. The molecule has 0 spiro atoms. The minimum atomic E-state index is -0.546. The Kier molecular flexibility index (Phi) is 5.81. The predicted octanol–water partition coefficient (Wildman–Crippen LogP) is 4.93. The summed E-state index contributed by atoms with van der Waals surface area (Å²) < 4.78 is 2.56. The third kappa shape index (κ3) is 4.10. The second-order valence-corrected chi connectivity index (χ2v) is 11.4. The van der Waals surface area contributed by atoms with Gasteiger partial charge in [0.05, 0.1) is 10.9 Å². The number of benzene rings is 2. The van der Waals surface area contributed by atoms with E-state index in [-0.39, 0.29) is 24.4 Å². The van der Waals surface area contributed by atoms with Crippen molar-refractivity contribution in [2.24, 2.45) is 5.92 Å². The quantitative estimate of drug-likeness (QED) is 0.278. The van der Waals surface area contributed by atoms with Crippen molar-refractivity contribution in [2.75, 3.05) is 11.1 Å². The molecule has 3 N–H and O–H groups in total. The van der Waals surface area contributed by atoms with Gasteiger partial charge in [0.1, 0.15) is 40.8 Å². The van der Waals surface area contributed by atoms with E-state index < -0.39 is 6.04 Å². The molecule has 2 aromatic carbocycles. The van der Waals surface area contributed by atoms with Crippen LogP contribution in [0.5, 0.6) is 0 Å². The lowest BCUT2D eigenvalue weighted by Gasteiger charge is -2.27. The fourth-order valence-corrected chi connectivity index (χ4v) is 6.54. The van der Waals surface area contributed by atoms with Crippen LogP contribution in [0.3, 0.4) is 0 Å². The molecule has 3 atom stereocenters. The lowest BCUT2D eigenvalue weighted by atomic mass is 10.00. The van der Waals surface area contributed by atoms with Crippen molar-refractivity contribution >= 4 is 61.3 Å². The Morgan fingerprint density at radius 1 is 1.05 bits per heavy atom. The fraction of sp³-hybridized carbons (Fsp3) is 0.233. The van der Waals surface area contributed by atoms with Crippen molar-refractivity contribution in [3.63, 3.8) is 0 Å². The summed E-state index contributed by atoms with van der Waals surface area (Å²) in [6.07, 6.45) is 3.00. The van der Waals surface area contributed by atoms with Gasteiger partial charge in [-0.25, -0.2) is 15.0 Å². The maximum atomic E-state index is 14.0. The number of nitrogen functional groups attached to an aromatic ring is 1. The molecule has 1 saturated heterocycles. The average molecular weight is 596 g/mol. The maximum absolute atomic E-state index is 14.0. The van der Waals surface area contributed by atoms with Crippen molar-refractivity contribution in [3.8, 4) is 11.1 Å². The van der Waals surface area contributed by atoms with Crippen LogP contribution in [0.2, 0.25) is 0 Å². The van der Waals surface area contributed by atoms with E-state index in [2.05, 4.69) is 60.5 Å². The van der Waals surface area contributed by atoms with Gasteiger partial charge >= 0.3 is 0 Å². The molecule has 5 aromatic rings. The number of nitrogens with zero attached hydrogens (tertiary/aromatic N) is 5. The molecular weight excluding hydrogens is 570 g/mol. The van der Waals surface area contributed by atoms with Gasteiger partial charge in [0.15, 0.2) is 0 Å². The Morgan fingerprint density at radius 2 is 1.88 bits per heavy atom. The van der Waals surface area contributed by atoms with Crippen molar-refractivity contribution in [1.82, 2.24) is 24.4 Å². The van der Waals surface area contributed by atoms with Gasteiger partial charge < -0.3 is 20.5 Å². The zero-order chi connectivity index (χ0) is 27.5. The van der Waals surface area contributed by atoms with Gasteiger partial charge in [-0.2, -0.15) is 0 Å². The molecule has 1 aliphatic heterocycles. The third-order valence-corrected chi connectivity index (χ3v) is 8.46. The molecule has 0 unspecified atom stereocenters. The summed E-state index contributed by atoms with van der Waals surface area (Å²) in [5.41, 5.74) is 11.0. The standard InChI is InChI=1S/C30H26BrN7O2/c1-16-10-18(17-6-3-2-4-7-17)11-20-26-28(32)33-15-34-29(26)37(27(16)20)14-25(39)38-21-12-19(21)13-22(38)30(40)36-24-9-5-8-23(31)35-24/h2-11,15,19,21-22H,12-14H2,1H3,(H2,32,33,34)(H,35,36,40)/t19-,21-,22+/m1/s1. The Bertz CT molecular complexity index is 1820. The van der Waals surface area contributed by atoms with E-state index in [1.807, 2.05) is 35.8 Å². The summed E-state index contributed by atoms with van der Waals surface area (Å²) in [4.78, 5) is 42.2. The molecule has 1 saturated carbocycles. The first-order valence-electron chi connectivity index (χ1n) is 13.2. The minimum absolute atomic E-state index is 0.0457. The number of fused-ring (bicyclic) bond motifs is 4. The van der Waals surface area contributed by atoms with Gasteiger partial charge in [0.2, 0.25) is 11.8 Å². The molecule has 2 fully saturated rings. The second kappa shape index (κ2) is 9.41. The van der Waals surface area contributed by atoms with Gasteiger partial charge in [0, 0.05) is 11.4 Å². The van der Waals surface area contributed by atoms with Crippen molar-refractivity contribution in [1.29, 1.82) is 0 Å². The lowest BCUT2D eigenvalue weighted by Crippen LogP contribution is -2.46. The first-order chi connectivity index (χ1) is 19.4. The monoisotopic (exact) mass is 595 g/mol. The Morgan fingerprint density at radius 3 is 2.67 bits per heavy atom. The molecule has 0 radical (unpaired) electrons. The zero-order valence-electron chi connectivity index (χ0n) is 21.7. The number of likely N-dealkylation sites (tertiary alicyclic amines) is 1. The van der Waals surface area contributed by atoms with E-state index in [0.29, 0.717) is 34.2 Å². The number of halogens is 1. The number of nitrogens with two attached hydrogens (primary N) is 1. The number of hydrogen-bond donors (Lipinski definition) is 2. The van der Waals surface area contributed by atoms with Crippen LogP contribution >= 0.6 is 15.9 Å². The number of pyridine rings is 1. The number of anilines is 2. The lowest BCUT2D eigenvalue weighted by molar-refractivity contribution is -0.138. The van der Waals surface area contributed by atoms with Crippen molar-refractivity contribution < 1.29 is 9.59 Å². The van der Waals surface area contributed by atoms with Crippen LogP contribution in [0, 0.1) is 12.8 Å². The SMILES string of the molecule is Cc1cc(-c2ccccc2)cc2c3c(N)ncnc3n(CC(=O)N3[C@@H]4C[C@@H]4C[C@H]3C(=O)Nc3cccc(Br)n3)c12. The van der Waals surface area contributed by atoms with Crippen LogP contribution in [0.25, 0.3) is 33.1 Å². The number of rotatable bonds is 5. The minimum Gasteiger partial charge on any atom is -0.383 e. The van der Waals surface area contributed by atoms with E-state index in [1.165, 1.54) is 6.33 Å². The molecule has 1 aliphatic carbocycles. The molecule has 9 nitrogen and oxygen atoms in total. The highest BCUT2D eigenvalue weighted by Crippen LogP contribution is 2.48. The second-order valence-electron chi connectivity index (χ2n) is 10.5. The Hall–Kier alpha value is -4.31. The average Bonchev–Trinajstić information content (AvgIpc) is 3.48. The Labute approximate surface area is 238 Å². The molecule has 4 heterocycles. The number of piperidine rings is 1. The molecular formula is C30H26BrN7O2. The highest BCUT2D eigenvalue weighted by molar-refractivity contribution is 9.10. The largest absolute Gasteiger partial charge is 0.383 e. The van der Waals surface area contributed by atoms with Gasteiger partial charge in [-0.1, -0.05) is 36.4 Å². The summed E-state index contributed by atoms with van der Waals surface area (Å²) in [6.45, 7) is 2.08. The first kappa shape index (κ1) is 24.7. The summed E-state index contributed by atoms with van der Waals surface area (Å²) in [5, 5.41) is 4.52. The summed E-state index contributed by atoms with van der Waals surface area (Å²) >= 11 is 3.34. The van der Waals surface area contributed by atoms with E-state index in [9.17, 15) is 9.59 Å². The van der Waals surface area contributed by atoms with E-state index in [4.69, 9.17) is 5.73 Å². The molecule has 2 amide bonds. The van der Waals surface area contributed by atoms with Crippen molar-refractivity contribution in [3.05, 3.63) is 77.2 Å². The number of aromatic nitrogens is 4. The van der Waals surface area contributed by atoms with E-state index >= 15 is 0 Å². The molecule has 3 aromatic heterocycles. The van der Waals surface area contributed by atoms with Gasteiger partial charge in [-0.3, -0.25) is 9.59 Å². The fourth-order valence-electron chi connectivity index (χ4n) is 6.19. The van der Waals surface area contributed by atoms with E-state index in [1.54, 1.807) is 17.0 Å². The number of amides is 2. The van der Waals surface area contributed by atoms with Crippen LogP contribution < -0.4 is 11.1 Å². The first-order valence-corrected chi connectivity index (χ1v) is 14.0. The third-order valence-electron chi connectivity index (χ3n) is 8.01. The predicted molar refractivity (Wildman–Crippen MR) is 157 cm³/mol. The van der Waals surface area contributed by atoms with Crippen LogP contribution in [-0.4, -0.2) is 48.3 Å². The molecule has 40 heavy (non-hydrogen) atoms. The zero-order valence-corrected chi connectivity index (χ0v) is 23.3. The van der Waals surface area contributed by atoms with E-state index in [0.717, 1.165) is 39.4 Å². The van der Waals surface area contributed by atoms with Gasteiger partial charge in [-0.05, 0) is 82.6 Å². The van der Waals surface area contributed by atoms with Crippen LogP contribution in [-0.2, 0) is 16.1 Å². The number of carbonyl (C=O) groups is 2. The number of nitrogens with one attached hydrogen (secondary N) is 1. The topological polar surface area (TPSA) is 119 Å². The summed E-state index contributed by atoms with van der Waals surface area (Å²) in [7, 11) is 0. The molecule has 0 bridgehead atoms. The van der Waals surface area contributed by atoms with Crippen molar-refractivity contribution in [2.45, 2.75) is 38.4 Å². The van der Waals surface area contributed by atoms with Crippen LogP contribution in [0.1, 0.15) is 18.4 Å². The number of hydrogen-bond acceptors (Lipinski definition) is 6. The molecule has 2 aliphatic rings. The van der Waals surface area contributed by atoms with Gasteiger partial charge in [-0.15, -0.1) is 0 Å². The van der Waals surface area contributed by atoms with Crippen LogP contribution in [0.4, 0.5) is 11.6 Å². The smallest absolute Gasteiger partial charge is 0.248 e. The molecule has 200 valence electrons. The summed E-state index contributed by atoms with van der Waals surface area (Å²) in [6, 6.07) is 19.2. The number of carbonyl (C=O) groups excluding carboxylic acids is 2. The van der Waals surface area contributed by atoms with Gasteiger partial charge in [0.25, 0.3) is 0 Å². The normalized spacial score (nSPS) is 19.6. The number of aryl methyl sites for hydroxylation is 1. The maximum Gasteiger partial charge on any atom is 0.248 e.